The summed E-state index contributed by atoms with van der Waals surface area (Å²) in [6.45, 7) is 0.543. The third-order valence-electron chi connectivity index (χ3n) is 3.17. The van der Waals surface area contributed by atoms with E-state index < -0.39 is 0 Å². The standard InChI is InChI=1S/C14H14O3S/c1-16-11-2-3-13-9(6-11)7-14(18-13)12-8-10(15)4-5-17-12/h2-3,6-7,12H,4-5,8H2,1H3. The van der Waals surface area contributed by atoms with Crippen molar-refractivity contribution in [1.82, 2.24) is 0 Å². The van der Waals surface area contributed by atoms with Crippen molar-refractivity contribution in [2.75, 3.05) is 13.7 Å². The van der Waals surface area contributed by atoms with Gasteiger partial charge in [0.05, 0.1) is 19.8 Å². The number of hydrogen-bond donors (Lipinski definition) is 0. The zero-order valence-electron chi connectivity index (χ0n) is 10.1. The largest absolute Gasteiger partial charge is 0.497 e. The monoisotopic (exact) mass is 262 g/mol. The smallest absolute Gasteiger partial charge is 0.138 e. The van der Waals surface area contributed by atoms with Crippen LogP contribution in [0, 0.1) is 0 Å². The van der Waals surface area contributed by atoms with E-state index in [9.17, 15) is 4.79 Å². The normalized spacial score (nSPS) is 20.3. The van der Waals surface area contributed by atoms with Gasteiger partial charge in [-0.1, -0.05) is 0 Å². The van der Waals surface area contributed by atoms with Crippen molar-refractivity contribution in [3.05, 3.63) is 29.1 Å². The highest BCUT2D eigenvalue weighted by atomic mass is 32.1. The van der Waals surface area contributed by atoms with Crippen molar-refractivity contribution in [3.8, 4) is 5.75 Å². The Morgan fingerprint density at radius 2 is 2.28 bits per heavy atom. The van der Waals surface area contributed by atoms with Gasteiger partial charge in [-0.15, -0.1) is 11.3 Å². The third-order valence-corrected chi connectivity index (χ3v) is 4.38. The van der Waals surface area contributed by atoms with Crippen LogP contribution in [0.1, 0.15) is 23.8 Å². The van der Waals surface area contributed by atoms with Gasteiger partial charge >= 0.3 is 0 Å². The molecule has 3 nitrogen and oxygen atoms in total. The van der Waals surface area contributed by atoms with Gasteiger partial charge in [-0.3, -0.25) is 4.79 Å². The molecule has 0 aliphatic carbocycles. The molecule has 0 amide bonds. The van der Waals surface area contributed by atoms with Gasteiger partial charge in [-0.05, 0) is 29.7 Å². The number of methoxy groups -OCH3 is 1. The van der Waals surface area contributed by atoms with Gasteiger partial charge in [-0.25, -0.2) is 0 Å². The Labute approximate surface area is 109 Å². The fourth-order valence-corrected chi connectivity index (χ4v) is 3.29. The Kier molecular flexibility index (Phi) is 3.06. The van der Waals surface area contributed by atoms with E-state index in [0.29, 0.717) is 25.2 Å². The first-order chi connectivity index (χ1) is 8.76. The molecular formula is C14H14O3S. The van der Waals surface area contributed by atoms with Gasteiger partial charge in [0.2, 0.25) is 0 Å². The molecule has 4 heteroatoms. The highest BCUT2D eigenvalue weighted by Gasteiger charge is 2.23. The number of benzene rings is 1. The zero-order chi connectivity index (χ0) is 12.5. The van der Waals surface area contributed by atoms with Crippen LogP contribution in [0.15, 0.2) is 24.3 Å². The SMILES string of the molecule is COc1ccc2sc(C3CC(=O)CCO3)cc2c1. The Bertz CT molecular complexity index is 588. The van der Waals surface area contributed by atoms with Gasteiger partial charge in [0, 0.05) is 22.4 Å². The van der Waals surface area contributed by atoms with Gasteiger partial charge in [0.15, 0.2) is 0 Å². The number of ether oxygens (including phenoxy) is 2. The van der Waals surface area contributed by atoms with Crippen LogP contribution >= 0.6 is 11.3 Å². The van der Waals surface area contributed by atoms with Crippen LogP contribution in [-0.4, -0.2) is 19.5 Å². The summed E-state index contributed by atoms with van der Waals surface area (Å²) in [6, 6.07) is 8.12. The molecule has 1 saturated heterocycles. The number of fused-ring (bicyclic) bond motifs is 1. The van der Waals surface area contributed by atoms with Crippen LogP contribution in [0.5, 0.6) is 5.75 Å². The quantitative estimate of drug-likeness (QED) is 0.832. The number of hydrogen-bond acceptors (Lipinski definition) is 4. The van der Waals surface area contributed by atoms with Gasteiger partial charge in [0.25, 0.3) is 0 Å². The average Bonchev–Trinajstić information content (AvgIpc) is 2.81. The first-order valence-electron chi connectivity index (χ1n) is 5.97. The summed E-state index contributed by atoms with van der Waals surface area (Å²) < 4.78 is 12.1. The molecule has 1 aromatic carbocycles. The molecule has 1 aliphatic heterocycles. The van der Waals surface area contributed by atoms with Crippen LogP contribution in [0.25, 0.3) is 10.1 Å². The van der Waals surface area contributed by atoms with Gasteiger partial charge in [-0.2, -0.15) is 0 Å². The second-order valence-electron chi connectivity index (χ2n) is 4.40. The molecule has 1 atom stereocenters. The highest BCUT2D eigenvalue weighted by Crippen LogP contribution is 2.36. The van der Waals surface area contributed by atoms with Crippen LogP contribution in [-0.2, 0) is 9.53 Å². The predicted molar refractivity (Wildman–Crippen MR) is 71.3 cm³/mol. The summed E-state index contributed by atoms with van der Waals surface area (Å²) in [4.78, 5) is 12.6. The minimum Gasteiger partial charge on any atom is -0.497 e. The summed E-state index contributed by atoms with van der Waals surface area (Å²) in [6.07, 6.45) is 0.994. The molecule has 0 saturated carbocycles. The van der Waals surface area contributed by atoms with E-state index in [2.05, 4.69) is 6.07 Å². The molecule has 0 spiro atoms. The molecule has 3 rings (SSSR count). The minimum atomic E-state index is -0.0605. The van der Waals surface area contributed by atoms with E-state index in [1.54, 1.807) is 18.4 Å². The van der Waals surface area contributed by atoms with Gasteiger partial charge in [0.1, 0.15) is 11.5 Å². The van der Waals surface area contributed by atoms with Gasteiger partial charge < -0.3 is 9.47 Å². The Hall–Kier alpha value is -1.39. The van der Waals surface area contributed by atoms with Crippen LogP contribution in [0.2, 0.25) is 0 Å². The first kappa shape index (κ1) is 11.7. The Morgan fingerprint density at radius 1 is 1.39 bits per heavy atom. The molecule has 0 radical (unpaired) electrons. The maximum atomic E-state index is 11.5. The molecule has 1 aliphatic rings. The van der Waals surface area contributed by atoms with E-state index in [4.69, 9.17) is 9.47 Å². The molecule has 1 aromatic heterocycles. The molecule has 2 heterocycles. The third kappa shape index (κ3) is 2.13. The number of carbonyl (C=O) groups is 1. The summed E-state index contributed by atoms with van der Waals surface area (Å²) in [5, 5.41) is 1.15. The molecule has 0 bridgehead atoms. The molecule has 1 unspecified atom stereocenters. The predicted octanol–water partition coefficient (Wildman–Crippen LogP) is 3.33. The van der Waals surface area contributed by atoms with E-state index >= 15 is 0 Å². The van der Waals surface area contributed by atoms with E-state index in [1.807, 2.05) is 18.2 Å². The topological polar surface area (TPSA) is 35.5 Å². The summed E-state index contributed by atoms with van der Waals surface area (Å²) in [5.41, 5.74) is 0. The van der Waals surface area contributed by atoms with Crippen molar-refractivity contribution in [1.29, 1.82) is 0 Å². The molecule has 94 valence electrons. The van der Waals surface area contributed by atoms with Crippen LogP contribution < -0.4 is 4.74 Å². The van der Waals surface area contributed by atoms with Crippen molar-refractivity contribution in [2.45, 2.75) is 18.9 Å². The lowest BCUT2D eigenvalue weighted by Crippen LogP contribution is -2.18. The molecular weight excluding hydrogens is 248 g/mol. The van der Waals surface area contributed by atoms with E-state index in [0.717, 1.165) is 16.0 Å². The number of ketones is 1. The number of carbonyl (C=O) groups excluding carboxylic acids is 1. The molecule has 2 aromatic rings. The highest BCUT2D eigenvalue weighted by molar-refractivity contribution is 7.19. The van der Waals surface area contributed by atoms with Crippen LogP contribution in [0.4, 0.5) is 0 Å². The summed E-state index contributed by atoms with van der Waals surface area (Å²) >= 11 is 1.69. The van der Waals surface area contributed by atoms with Crippen molar-refractivity contribution in [2.24, 2.45) is 0 Å². The maximum absolute atomic E-state index is 11.5. The molecule has 18 heavy (non-hydrogen) atoms. The number of thiophene rings is 1. The van der Waals surface area contributed by atoms with E-state index in [-0.39, 0.29) is 6.10 Å². The van der Waals surface area contributed by atoms with Crippen molar-refractivity contribution in [3.63, 3.8) is 0 Å². The summed E-state index contributed by atoms with van der Waals surface area (Å²) in [7, 11) is 1.66. The average molecular weight is 262 g/mol. The minimum absolute atomic E-state index is 0.0605. The number of rotatable bonds is 2. The fourth-order valence-electron chi connectivity index (χ4n) is 2.19. The Morgan fingerprint density at radius 3 is 3.06 bits per heavy atom. The first-order valence-corrected chi connectivity index (χ1v) is 6.79. The van der Waals surface area contributed by atoms with Crippen molar-refractivity contribution >= 4 is 27.2 Å². The molecule has 1 fully saturated rings. The lowest BCUT2D eigenvalue weighted by molar-refractivity contribution is -0.128. The lowest BCUT2D eigenvalue weighted by atomic mass is 10.1. The zero-order valence-corrected chi connectivity index (χ0v) is 11.0. The second-order valence-corrected chi connectivity index (χ2v) is 5.52. The van der Waals surface area contributed by atoms with E-state index in [1.165, 1.54) is 4.70 Å². The second kappa shape index (κ2) is 4.71. The lowest BCUT2D eigenvalue weighted by Gasteiger charge is -2.20. The number of Topliss-reactive ketones (excluding diaryl/α,β-unsaturated/α-hetero) is 1. The Balaban J connectivity index is 1.94. The fraction of sp³-hybridized carbons (Fsp3) is 0.357. The molecule has 0 N–H and O–H groups in total. The maximum Gasteiger partial charge on any atom is 0.138 e. The summed E-state index contributed by atoms with van der Waals surface area (Å²) in [5.74, 6) is 1.15. The van der Waals surface area contributed by atoms with Crippen LogP contribution in [0.3, 0.4) is 0 Å². The van der Waals surface area contributed by atoms with Crippen molar-refractivity contribution < 1.29 is 14.3 Å².